The SMILES string of the molecule is CCCN(CC)c1ncccc1CNC1CC1. The van der Waals surface area contributed by atoms with E-state index in [1.54, 1.807) is 0 Å². The van der Waals surface area contributed by atoms with Crippen molar-refractivity contribution in [1.29, 1.82) is 0 Å². The van der Waals surface area contributed by atoms with Crippen LogP contribution in [0.1, 0.15) is 38.7 Å². The van der Waals surface area contributed by atoms with E-state index in [2.05, 4.69) is 35.1 Å². The maximum Gasteiger partial charge on any atom is 0.132 e. The molecule has 0 bridgehead atoms. The second-order valence-electron chi connectivity index (χ2n) is 4.72. The summed E-state index contributed by atoms with van der Waals surface area (Å²) in [4.78, 5) is 6.92. The van der Waals surface area contributed by atoms with Crippen LogP contribution in [0, 0.1) is 0 Å². The number of hydrogen-bond donors (Lipinski definition) is 1. The molecule has 0 unspecified atom stereocenters. The molecule has 1 N–H and O–H groups in total. The summed E-state index contributed by atoms with van der Waals surface area (Å²) >= 11 is 0. The molecule has 1 aromatic rings. The van der Waals surface area contributed by atoms with Gasteiger partial charge in [0.1, 0.15) is 5.82 Å². The largest absolute Gasteiger partial charge is 0.357 e. The van der Waals surface area contributed by atoms with Gasteiger partial charge in [0.25, 0.3) is 0 Å². The van der Waals surface area contributed by atoms with Gasteiger partial charge in [0.05, 0.1) is 0 Å². The topological polar surface area (TPSA) is 28.2 Å². The van der Waals surface area contributed by atoms with Crippen molar-refractivity contribution in [3.63, 3.8) is 0 Å². The lowest BCUT2D eigenvalue weighted by atomic mass is 10.2. The summed E-state index contributed by atoms with van der Waals surface area (Å²) < 4.78 is 0. The minimum atomic E-state index is 0.754. The summed E-state index contributed by atoms with van der Waals surface area (Å²) in [5.41, 5.74) is 1.33. The number of pyridine rings is 1. The lowest BCUT2D eigenvalue weighted by molar-refractivity contribution is 0.678. The number of anilines is 1. The van der Waals surface area contributed by atoms with E-state index < -0.39 is 0 Å². The third-order valence-electron chi connectivity index (χ3n) is 3.20. The quantitative estimate of drug-likeness (QED) is 0.784. The lowest BCUT2D eigenvalue weighted by Crippen LogP contribution is -2.27. The molecule has 1 fully saturated rings. The van der Waals surface area contributed by atoms with Crippen molar-refractivity contribution in [3.05, 3.63) is 23.9 Å². The second-order valence-corrected chi connectivity index (χ2v) is 4.72. The molecule has 0 atom stereocenters. The monoisotopic (exact) mass is 233 g/mol. The van der Waals surface area contributed by atoms with E-state index in [1.165, 1.54) is 24.8 Å². The van der Waals surface area contributed by atoms with Crippen LogP contribution < -0.4 is 10.2 Å². The Kier molecular flexibility index (Phi) is 4.37. The van der Waals surface area contributed by atoms with Gasteiger partial charge in [-0.05, 0) is 32.3 Å². The molecular formula is C14H23N3. The Hall–Kier alpha value is -1.09. The highest BCUT2D eigenvalue weighted by molar-refractivity contribution is 5.46. The average molecular weight is 233 g/mol. The van der Waals surface area contributed by atoms with Crippen LogP contribution in [0.25, 0.3) is 0 Å². The van der Waals surface area contributed by atoms with Gasteiger partial charge in [-0.15, -0.1) is 0 Å². The van der Waals surface area contributed by atoms with Crippen molar-refractivity contribution in [2.75, 3.05) is 18.0 Å². The van der Waals surface area contributed by atoms with Gasteiger partial charge in [-0.2, -0.15) is 0 Å². The van der Waals surface area contributed by atoms with Gasteiger partial charge in [-0.1, -0.05) is 13.0 Å². The minimum Gasteiger partial charge on any atom is -0.357 e. The first-order valence-corrected chi connectivity index (χ1v) is 6.77. The van der Waals surface area contributed by atoms with E-state index in [-0.39, 0.29) is 0 Å². The van der Waals surface area contributed by atoms with Crippen molar-refractivity contribution in [1.82, 2.24) is 10.3 Å². The fraction of sp³-hybridized carbons (Fsp3) is 0.643. The smallest absolute Gasteiger partial charge is 0.132 e. The highest BCUT2D eigenvalue weighted by atomic mass is 15.2. The number of aromatic nitrogens is 1. The van der Waals surface area contributed by atoms with Crippen LogP contribution in [0.4, 0.5) is 5.82 Å². The van der Waals surface area contributed by atoms with E-state index in [1.807, 2.05) is 12.3 Å². The van der Waals surface area contributed by atoms with Gasteiger partial charge in [0.2, 0.25) is 0 Å². The second kappa shape index (κ2) is 6.01. The Morgan fingerprint density at radius 3 is 2.88 bits per heavy atom. The van der Waals surface area contributed by atoms with Crippen LogP contribution in [0.5, 0.6) is 0 Å². The molecule has 0 spiro atoms. The van der Waals surface area contributed by atoms with E-state index in [4.69, 9.17) is 0 Å². The number of nitrogens with one attached hydrogen (secondary N) is 1. The van der Waals surface area contributed by atoms with Crippen LogP contribution in [-0.2, 0) is 6.54 Å². The predicted molar refractivity (Wildman–Crippen MR) is 72.3 cm³/mol. The molecule has 0 radical (unpaired) electrons. The van der Waals surface area contributed by atoms with E-state index in [0.29, 0.717) is 0 Å². The average Bonchev–Trinajstić information content (AvgIpc) is 3.18. The van der Waals surface area contributed by atoms with Crippen molar-refractivity contribution in [2.45, 2.75) is 45.7 Å². The van der Waals surface area contributed by atoms with Crippen LogP contribution in [0.3, 0.4) is 0 Å². The molecule has 0 aliphatic heterocycles. The molecule has 1 aliphatic carbocycles. The standard InChI is InChI=1S/C14H23N3/c1-3-10-17(4-2)14-12(6-5-9-15-14)11-16-13-7-8-13/h5-6,9,13,16H,3-4,7-8,10-11H2,1-2H3. The zero-order valence-corrected chi connectivity index (χ0v) is 10.9. The molecule has 1 heterocycles. The van der Waals surface area contributed by atoms with Gasteiger partial charge in [0.15, 0.2) is 0 Å². The van der Waals surface area contributed by atoms with Crippen LogP contribution in [0.2, 0.25) is 0 Å². The summed E-state index contributed by atoms with van der Waals surface area (Å²) in [5.74, 6) is 1.16. The van der Waals surface area contributed by atoms with Gasteiger partial charge < -0.3 is 10.2 Å². The molecule has 3 nitrogen and oxygen atoms in total. The van der Waals surface area contributed by atoms with Crippen molar-refractivity contribution in [2.24, 2.45) is 0 Å². The Balaban J connectivity index is 2.06. The first kappa shape index (κ1) is 12.4. The van der Waals surface area contributed by atoms with E-state index in [9.17, 15) is 0 Å². The van der Waals surface area contributed by atoms with E-state index in [0.717, 1.165) is 31.5 Å². The molecule has 3 heteroatoms. The Bertz CT molecular complexity index is 347. The maximum atomic E-state index is 4.55. The van der Waals surface area contributed by atoms with Crippen molar-refractivity contribution in [3.8, 4) is 0 Å². The molecule has 94 valence electrons. The normalized spacial score (nSPS) is 14.9. The molecular weight excluding hydrogens is 210 g/mol. The number of hydrogen-bond acceptors (Lipinski definition) is 3. The maximum absolute atomic E-state index is 4.55. The fourth-order valence-corrected chi connectivity index (χ4v) is 2.08. The third kappa shape index (κ3) is 3.43. The Morgan fingerprint density at radius 2 is 2.24 bits per heavy atom. The Morgan fingerprint density at radius 1 is 1.41 bits per heavy atom. The van der Waals surface area contributed by atoms with E-state index >= 15 is 0 Å². The van der Waals surface area contributed by atoms with Crippen LogP contribution in [-0.4, -0.2) is 24.1 Å². The Labute approximate surface area is 104 Å². The minimum absolute atomic E-state index is 0.754. The van der Waals surface area contributed by atoms with Crippen molar-refractivity contribution >= 4 is 5.82 Å². The first-order valence-electron chi connectivity index (χ1n) is 6.77. The summed E-state index contributed by atoms with van der Waals surface area (Å²) in [6.45, 7) is 7.48. The molecule has 17 heavy (non-hydrogen) atoms. The molecule has 0 aromatic carbocycles. The zero-order chi connectivity index (χ0) is 12.1. The summed E-state index contributed by atoms with van der Waals surface area (Å²) in [6.07, 6.45) is 5.73. The first-order chi connectivity index (χ1) is 8.35. The van der Waals surface area contributed by atoms with Gasteiger partial charge in [0, 0.05) is 37.4 Å². The zero-order valence-electron chi connectivity index (χ0n) is 10.9. The molecule has 1 aromatic heterocycles. The molecule has 0 amide bonds. The highest BCUT2D eigenvalue weighted by Gasteiger charge is 2.21. The molecule has 1 saturated carbocycles. The van der Waals surface area contributed by atoms with Gasteiger partial charge in [-0.25, -0.2) is 4.98 Å². The summed E-state index contributed by atoms with van der Waals surface area (Å²) in [5, 5.41) is 3.57. The van der Waals surface area contributed by atoms with Crippen LogP contribution >= 0.6 is 0 Å². The molecule has 0 saturated heterocycles. The molecule has 2 rings (SSSR count). The number of nitrogens with zero attached hydrogens (tertiary/aromatic N) is 2. The third-order valence-corrected chi connectivity index (χ3v) is 3.20. The van der Waals surface area contributed by atoms with Gasteiger partial charge >= 0.3 is 0 Å². The summed E-state index contributed by atoms with van der Waals surface area (Å²) in [6, 6.07) is 4.98. The van der Waals surface area contributed by atoms with Crippen molar-refractivity contribution < 1.29 is 0 Å². The predicted octanol–water partition coefficient (Wildman–Crippen LogP) is 2.57. The summed E-state index contributed by atoms with van der Waals surface area (Å²) in [7, 11) is 0. The van der Waals surface area contributed by atoms with Gasteiger partial charge in [-0.3, -0.25) is 0 Å². The molecule has 1 aliphatic rings. The highest BCUT2D eigenvalue weighted by Crippen LogP contribution is 2.22. The van der Waals surface area contributed by atoms with Crippen LogP contribution in [0.15, 0.2) is 18.3 Å². The fourth-order valence-electron chi connectivity index (χ4n) is 2.08. The lowest BCUT2D eigenvalue weighted by Gasteiger charge is -2.23. The number of rotatable bonds is 7.